The molecular weight excluding hydrogens is 207 g/mol. The molecule has 3 aliphatic heterocycles. The Morgan fingerprint density at radius 1 is 1.17 bits per heavy atom. The zero-order chi connectivity index (χ0) is 8.82. The Morgan fingerprint density at radius 2 is 1.58 bits per heavy atom. The summed E-state index contributed by atoms with van der Waals surface area (Å²) in [5.74, 6) is 0.0913. The van der Waals surface area contributed by atoms with E-state index < -0.39 is 16.9 Å². The molecule has 0 amide bonds. The summed E-state index contributed by atoms with van der Waals surface area (Å²) in [5.41, 5.74) is 0. The van der Waals surface area contributed by atoms with Crippen LogP contribution < -0.4 is 0 Å². The van der Waals surface area contributed by atoms with Crippen LogP contribution in [0.25, 0.3) is 0 Å². The van der Waals surface area contributed by atoms with E-state index in [1.165, 1.54) is 0 Å². The summed E-state index contributed by atoms with van der Waals surface area (Å²) in [7, 11) is -7.82. The molecule has 0 aliphatic carbocycles. The topological polar surface area (TPSA) is 82.1 Å². The van der Waals surface area contributed by atoms with Gasteiger partial charge in [-0.1, -0.05) is 0 Å². The number of fused-ring (bicyclic) bond motifs is 3. The van der Waals surface area contributed by atoms with Crippen LogP contribution in [0.1, 0.15) is 0 Å². The molecule has 8 heteroatoms. The molecule has 0 radical (unpaired) electrons. The highest BCUT2D eigenvalue weighted by molar-refractivity contribution is 8.49. The first kappa shape index (κ1) is 8.80. The van der Waals surface area contributed by atoms with Crippen LogP contribution in [0.3, 0.4) is 0 Å². The Bertz CT molecular complexity index is 264. The summed E-state index contributed by atoms with van der Waals surface area (Å²) in [4.78, 5) is 0. The third-order valence-corrected chi connectivity index (χ3v) is 6.29. The van der Waals surface area contributed by atoms with Gasteiger partial charge in [0.1, 0.15) is 19.8 Å². The van der Waals surface area contributed by atoms with E-state index in [0.717, 1.165) is 0 Å². The minimum atomic E-state index is -4.36. The summed E-state index contributed by atoms with van der Waals surface area (Å²) in [6, 6.07) is 0. The first-order valence-corrected chi connectivity index (χ1v) is 6.92. The molecule has 3 aliphatic rings. The quantitative estimate of drug-likeness (QED) is 0.498. The molecule has 2 bridgehead atoms. The second-order valence-corrected chi connectivity index (χ2v) is 7.94. The average molecular weight is 215 g/mol. The van der Waals surface area contributed by atoms with Gasteiger partial charge in [-0.3, -0.25) is 4.55 Å². The monoisotopic (exact) mass is 215 g/mol. The van der Waals surface area contributed by atoms with Gasteiger partial charge in [0.15, 0.2) is 0 Å². The summed E-state index contributed by atoms with van der Waals surface area (Å²) >= 11 is 0. The van der Waals surface area contributed by atoms with E-state index in [1.54, 1.807) is 0 Å². The van der Waals surface area contributed by atoms with Crippen molar-refractivity contribution in [3.63, 3.8) is 0 Å². The molecular formula is C4H8O6PS+. The maximum absolute atomic E-state index is 10.8. The van der Waals surface area contributed by atoms with Gasteiger partial charge in [0.05, 0.1) is 0 Å². The van der Waals surface area contributed by atoms with Crippen LogP contribution in [0, 0.1) is 5.92 Å². The van der Waals surface area contributed by atoms with Crippen molar-refractivity contribution in [2.45, 2.75) is 0 Å². The van der Waals surface area contributed by atoms with Gasteiger partial charge in [-0.05, 0) is 0 Å². The molecule has 3 saturated heterocycles. The lowest BCUT2D eigenvalue weighted by atomic mass is 10.2. The lowest BCUT2D eigenvalue weighted by Gasteiger charge is -2.31. The van der Waals surface area contributed by atoms with E-state index in [2.05, 4.69) is 0 Å². The zero-order valence-corrected chi connectivity index (χ0v) is 7.75. The molecule has 12 heavy (non-hydrogen) atoms. The first-order valence-electron chi connectivity index (χ1n) is 3.34. The van der Waals surface area contributed by atoms with Crippen molar-refractivity contribution in [2.24, 2.45) is 5.92 Å². The highest BCUT2D eigenvalue weighted by atomic mass is 32.8. The van der Waals surface area contributed by atoms with E-state index in [9.17, 15) is 8.42 Å². The van der Waals surface area contributed by atoms with E-state index >= 15 is 0 Å². The van der Waals surface area contributed by atoms with Crippen LogP contribution in [0.2, 0.25) is 0 Å². The minimum Gasteiger partial charge on any atom is -0.250 e. The van der Waals surface area contributed by atoms with Crippen LogP contribution >= 0.6 is 7.15 Å². The summed E-state index contributed by atoms with van der Waals surface area (Å²) in [5, 5.41) is 0. The Labute approximate surface area is 69.9 Å². The van der Waals surface area contributed by atoms with Crippen LogP contribution in [0.4, 0.5) is 0 Å². The predicted molar refractivity (Wildman–Crippen MR) is 39.8 cm³/mol. The second-order valence-electron chi connectivity index (χ2n) is 2.65. The van der Waals surface area contributed by atoms with E-state index in [-0.39, 0.29) is 25.7 Å². The van der Waals surface area contributed by atoms with Crippen molar-refractivity contribution in [2.75, 3.05) is 19.8 Å². The standard InChI is InChI=1S/C4H7O6PS/c5-12(6,7)11-8-1-4(2-9-11)3-10-11/h4H,1-3H2/p+1. The molecule has 3 fully saturated rings. The van der Waals surface area contributed by atoms with Crippen molar-refractivity contribution in [1.29, 1.82) is 0 Å². The van der Waals surface area contributed by atoms with Crippen molar-refractivity contribution in [3.8, 4) is 0 Å². The van der Waals surface area contributed by atoms with Gasteiger partial charge in [-0.2, -0.15) is 22.0 Å². The lowest BCUT2D eigenvalue weighted by molar-refractivity contribution is -0.0102. The van der Waals surface area contributed by atoms with Gasteiger partial charge in [-0.25, -0.2) is 0 Å². The molecule has 3 heterocycles. The minimum absolute atomic E-state index is 0.0913. The average Bonchev–Trinajstić information content (AvgIpc) is 2.06. The van der Waals surface area contributed by atoms with Crippen LogP contribution in [-0.4, -0.2) is 32.8 Å². The molecule has 1 N–H and O–H groups in total. The molecule has 6 nitrogen and oxygen atoms in total. The summed E-state index contributed by atoms with van der Waals surface area (Å²) in [6.07, 6.45) is 0. The first-order chi connectivity index (χ1) is 5.54. The van der Waals surface area contributed by atoms with E-state index in [4.69, 9.17) is 18.1 Å². The fraction of sp³-hybridized carbons (Fsp3) is 1.00. The Kier molecular flexibility index (Phi) is 1.91. The SMILES string of the molecule is O=S(=O)(O)[P+]12OCC(CO1)CO2. The molecule has 0 saturated carbocycles. The molecule has 0 spiro atoms. The number of hydrogen-bond acceptors (Lipinski definition) is 5. The van der Waals surface area contributed by atoms with Crippen molar-refractivity contribution in [3.05, 3.63) is 0 Å². The van der Waals surface area contributed by atoms with Gasteiger partial charge in [0, 0.05) is 5.92 Å². The summed E-state index contributed by atoms with van der Waals surface area (Å²) < 4.78 is 44.9. The Morgan fingerprint density at radius 3 is 1.83 bits per heavy atom. The van der Waals surface area contributed by atoms with Crippen molar-refractivity contribution in [1.82, 2.24) is 0 Å². The van der Waals surface area contributed by atoms with Gasteiger partial charge in [-0.15, -0.1) is 0 Å². The van der Waals surface area contributed by atoms with Gasteiger partial charge < -0.3 is 0 Å². The smallest absolute Gasteiger partial charge is 0.250 e. The molecule has 70 valence electrons. The zero-order valence-electron chi connectivity index (χ0n) is 6.04. The fourth-order valence-electron chi connectivity index (χ4n) is 1.05. The van der Waals surface area contributed by atoms with Gasteiger partial charge >= 0.3 is 16.9 Å². The Hall–Kier alpha value is 0.220. The normalized spacial score (nSPS) is 41.6. The van der Waals surface area contributed by atoms with Gasteiger partial charge in [0.25, 0.3) is 0 Å². The number of rotatable bonds is 1. The fourth-order valence-corrected chi connectivity index (χ4v) is 4.60. The highest BCUT2D eigenvalue weighted by Gasteiger charge is 2.67. The van der Waals surface area contributed by atoms with Gasteiger partial charge in [0.2, 0.25) is 0 Å². The van der Waals surface area contributed by atoms with Crippen LogP contribution in [0.5, 0.6) is 0 Å². The Balaban J connectivity index is 2.31. The van der Waals surface area contributed by atoms with Crippen LogP contribution in [-0.2, 0) is 23.3 Å². The van der Waals surface area contributed by atoms with Crippen LogP contribution in [0.15, 0.2) is 0 Å². The van der Waals surface area contributed by atoms with Crippen molar-refractivity contribution < 1.29 is 26.5 Å². The largest absolute Gasteiger partial charge is 0.567 e. The number of hydrogen-bond donors (Lipinski definition) is 1. The maximum atomic E-state index is 10.8. The van der Waals surface area contributed by atoms with E-state index in [0.29, 0.717) is 0 Å². The molecule has 0 unspecified atom stereocenters. The van der Waals surface area contributed by atoms with Crippen molar-refractivity contribution >= 4 is 16.9 Å². The molecule has 0 atom stereocenters. The predicted octanol–water partition coefficient (Wildman–Crippen LogP) is 0.245. The second kappa shape index (κ2) is 2.60. The van der Waals surface area contributed by atoms with E-state index in [1.807, 2.05) is 0 Å². The molecule has 0 aromatic carbocycles. The maximum Gasteiger partial charge on any atom is 0.567 e. The third-order valence-electron chi connectivity index (χ3n) is 1.69. The molecule has 3 rings (SSSR count). The molecule has 0 aromatic heterocycles. The molecule has 0 aromatic rings. The third kappa shape index (κ3) is 1.17. The highest BCUT2D eigenvalue weighted by Crippen LogP contribution is 2.71. The lowest BCUT2D eigenvalue weighted by Crippen LogP contribution is -2.37. The summed E-state index contributed by atoms with van der Waals surface area (Å²) in [6.45, 7) is 0.856.